The zero-order valence-electron chi connectivity index (χ0n) is 9.72. The Kier molecular flexibility index (Phi) is 5.05. The molecule has 1 aromatic rings. The summed E-state index contributed by atoms with van der Waals surface area (Å²) in [5.41, 5.74) is 0.973. The highest BCUT2D eigenvalue weighted by Crippen LogP contribution is 2.14. The van der Waals surface area contributed by atoms with Crippen molar-refractivity contribution in [1.29, 1.82) is 0 Å². The number of methoxy groups -OCH3 is 1. The minimum absolute atomic E-state index is 0.0680. The number of nitrogens with zero attached hydrogens (tertiary/aromatic N) is 1. The molecule has 0 unspecified atom stereocenters. The van der Waals surface area contributed by atoms with Crippen LogP contribution in [-0.4, -0.2) is 36.2 Å². The number of carbonyl (C=O) groups is 1. The summed E-state index contributed by atoms with van der Waals surface area (Å²) in [5, 5.41) is 8.75. The predicted octanol–water partition coefficient (Wildman–Crippen LogP) is 1.21. The van der Waals surface area contributed by atoms with E-state index in [-0.39, 0.29) is 6.54 Å². The Labute approximate surface area is 101 Å². The van der Waals surface area contributed by atoms with Gasteiger partial charge in [-0.25, -0.2) is 0 Å². The third-order valence-corrected chi connectivity index (χ3v) is 2.21. The van der Waals surface area contributed by atoms with Crippen LogP contribution >= 0.6 is 0 Å². The van der Waals surface area contributed by atoms with Gasteiger partial charge in [0, 0.05) is 6.54 Å². The van der Waals surface area contributed by atoms with Crippen LogP contribution in [0.25, 0.3) is 0 Å². The van der Waals surface area contributed by atoms with Crippen molar-refractivity contribution in [3.63, 3.8) is 0 Å². The zero-order valence-corrected chi connectivity index (χ0v) is 9.72. The van der Waals surface area contributed by atoms with Gasteiger partial charge >= 0.3 is 5.97 Å². The first kappa shape index (κ1) is 13.1. The number of carboxylic acids is 1. The summed E-state index contributed by atoms with van der Waals surface area (Å²) in [7, 11) is 1.59. The van der Waals surface area contributed by atoms with E-state index in [0.29, 0.717) is 13.1 Å². The Bertz CT molecular complexity index is 423. The van der Waals surface area contributed by atoms with E-state index in [1.807, 2.05) is 24.3 Å². The molecule has 90 valence electrons. The fraction of sp³-hybridized carbons (Fsp3) is 0.308. The second-order valence-corrected chi connectivity index (χ2v) is 3.59. The van der Waals surface area contributed by atoms with E-state index in [9.17, 15) is 4.79 Å². The number of hydrogen-bond acceptors (Lipinski definition) is 3. The molecule has 4 heteroatoms. The van der Waals surface area contributed by atoms with E-state index >= 15 is 0 Å². The van der Waals surface area contributed by atoms with E-state index in [1.54, 1.807) is 12.0 Å². The summed E-state index contributed by atoms with van der Waals surface area (Å²) in [4.78, 5) is 12.3. The van der Waals surface area contributed by atoms with E-state index in [1.165, 1.54) is 0 Å². The van der Waals surface area contributed by atoms with Crippen LogP contribution in [0.4, 0.5) is 0 Å². The molecule has 17 heavy (non-hydrogen) atoms. The molecule has 1 N–H and O–H groups in total. The number of rotatable bonds is 6. The fourth-order valence-corrected chi connectivity index (χ4v) is 1.52. The maximum atomic E-state index is 10.7. The molecule has 0 aliphatic heterocycles. The number of ether oxygens (including phenoxy) is 1. The lowest BCUT2D eigenvalue weighted by atomic mass is 10.2. The Hall–Kier alpha value is -1.99. The van der Waals surface area contributed by atoms with Crippen LogP contribution in [0.3, 0.4) is 0 Å². The Balaban J connectivity index is 2.71. The first-order valence-electron chi connectivity index (χ1n) is 5.16. The van der Waals surface area contributed by atoms with E-state index < -0.39 is 5.97 Å². The molecular formula is C13H15NO3. The molecule has 1 rings (SSSR count). The lowest BCUT2D eigenvalue weighted by Gasteiger charge is -2.17. The summed E-state index contributed by atoms with van der Waals surface area (Å²) in [6.07, 6.45) is 5.21. The van der Waals surface area contributed by atoms with Crippen LogP contribution in [0.5, 0.6) is 5.75 Å². The Morgan fingerprint density at radius 1 is 1.59 bits per heavy atom. The zero-order chi connectivity index (χ0) is 12.7. The van der Waals surface area contributed by atoms with E-state index in [0.717, 1.165) is 11.3 Å². The number of carboxylic acid groups (broad SMARTS) is 1. The maximum Gasteiger partial charge on any atom is 0.317 e. The van der Waals surface area contributed by atoms with Crippen LogP contribution in [0.2, 0.25) is 0 Å². The van der Waals surface area contributed by atoms with Crippen molar-refractivity contribution in [2.75, 3.05) is 20.2 Å². The van der Waals surface area contributed by atoms with Gasteiger partial charge in [0.2, 0.25) is 0 Å². The predicted molar refractivity (Wildman–Crippen MR) is 64.7 cm³/mol. The highest BCUT2D eigenvalue weighted by atomic mass is 16.5. The van der Waals surface area contributed by atoms with Crippen LogP contribution in [-0.2, 0) is 11.3 Å². The quantitative estimate of drug-likeness (QED) is 0.750. The standard InChI is InChI=1S/C13H15NO3/c1-3-7-14(10-13(15)16)9-11-5-4-6-12(8-11)17-2/h1,4-6,8H,7,9-10H2,2H3,(H,15,16). The molecule has 1 aromatic carbocycles. The minimum atomic E-state index is -0.886. The SMILES string of the molecule is C#CCN(CC(=O)O)Cc1cccc(OC)c1. The Morgan fingerprint density at radius 3 is 2.94 bits per heavy atom. The Morgan fingerprint density at radius 2 is 2.35 bits per heavy atom. The highest BCUT2D eigenvalue weighted by molar-refractivity contribution is 5.69. The minimum Gasteiger partial charge on any atom is -0.497 e. The molecular weight excluding hydrogens is 218 g/mol. The number of hydrogen-bond donors (Lipinski definition) is 1. The summed E-state index contributed by atoms with van der Waals surface area (Å²) in [6, 6.07) is 7.48. The normalized spacial score (nSPS) is 9.94. The van der Waals surface area contributed by atoms with Gasteiger partial charge in [-0.15, -0.1) is 6.42 Å². The molecule has 0 aromatic heterocycles. The molecule has 0 aliphatic carbocycles. The van der Waals surface area contributed by atoms with Crippen LogP contribution in [0, 0.1) is 12.3 Å². The van der Waals surface area contributed by atoms with Gasteiger partial charge in [0.25, 0.3) is 0 Å². The van der Waals surface area contributed by atoms with Crippen molar-refractivity contribution < 1.29 is 14.6 Å². The van der Waals surface area contributed by atoms with Crippen molar-refractivity contribution in [3.05, 3.63) is 29.8 Å². The summed E-state index contributed by atoms with van der Waals surface area (Å²) >= 11 is 0. The van der Waals surface area contributed by atoms with Crippen LogP contribution < -0.4 is 4.74 Å². The first-order chi connectivity index (χ1) is 8.15. The lowest BCUT2D eigenvalue weighted by Crippen LogP contribution is -2.29. The van der Waals surface area contributed by atoms with Gasteiger partial charge in [-0.2, -0.15) is 0 Å². The van der Waals surface area contributed by atoms with Crippen molar-refractivity contribution >= 4 is 5.97 Å². The number of benzene rings is 1. The fourth-order valence-electron chi connectivity index (χ4n) is 1.52. The second kappa shape index (κ2) is 6.56. The van der Waals surface area contributed by atoms with Gasteiger partial charge in [-0.3, -0.25) is 9.69 Å². The molecule has 0 bridgehead atoms. The topological polar surface area (TPSA) is 49.8 Å². The van der Waals surface area contributed by atoms with E-state index in [4.69, 9.17) is 16.3 Å². The second-order valence-electron chi connectivity index (χ2n) is 3.59. The van der Waals surface area contributed by atoms with Crippen LogP contribution in [0.1, 0.15) is 5.56 Å². The van der Waals surface area contributed by atoms with Gasteiger partial charge in [0.05, 0.1) is 20.2 Å². The van der Waals surface area contributed by atoms with Gasteiger partial charge < -0.3 is 9.84 Å². The average Bonchev–Trinajstić information content (AvgIpc) is 2.29. The molecule has 0 amide bonds. The van der Waals surface area contributed by atoms with E-state index in [2.05, 4.69) is 5.92 Å². The molecule has 0 aliphatic rings. The molecule has 0 radical (unpaired) electrons. The number of terminal acetylenes is 1. The number of aliphatic carboxylic acids is 1. The maximum absolute atomic E-state index is 10.7. The summed E-state index contributed by atoms with van der Waals surface area (Å²) in [5.74, 6) is 2.32. The van der Waals surface area contributed by atoms with Crippen molar-refractivity contribution in [3.8, 4) is 18.1 Å². The summed E-state index contributed by atoms with van der Waals surface area (Å²) < 4.78 is 5.10. The molecule has 4 nitrogen and oxygen atoms in total. The molecule has 0 heterocycles. The smallest absolute Gasteiger partial charge is 0.317 e. The highest BCUT2D eigenvalue weighted by Gasteiger charge is 2.09. The summed E-state index contributed by atoms with van der Waals surface area (Å²) in [6.45, 7) is 0.735. The molecule has 0 saturated heterocycles. The molecule has 0 spiro atoms. The van der Waals surface area contributed by atoms with Gasteiger partial charge in [0.1, 0.15) is 5.75 Å². The van der Waals surface area contributed by atoms with Crippen molar-refractivity contribution in [2.24, 2.45) is 0 Å². The first-order valence-corrected chi connectivity index (χ1v) is 5.16. The largest absolute Gasteiger partial charge is 0.497 e. The van der Waals surface area contributed by atoms with Crippen LogP contribution in [0.15, 0.2) is 24.3 Å². The third kappa shape index (κ3) is 4.58. The molecule has 0 saturated carbocycles. The third-order valence-electron chi connectivity index (χ3n) is 2.21. The monoisotopic (exact) mass is 233 g/mol. The van der Waals surface area contributed by atoms with Crippen molar-refractivity contribution in [1.82, 2.24) is 4.90 Å². The van der Waals surface area contributed by atoms with Gasteiger partial charge in [-0.1, -0.05) is 18.1 Å². The molecule has 0 fully saturated rings. The van der Waals surface area contributed by atoms with Gasteiger partial charge in [0.15, 0.2) is 0 Å². The van der Waals surface area contributed by atoms with Gasteiger partial charge in [-0.05, 0) is 17.7 Å². The van der Waals surface area contributed by atoms with Crippen molar-refractivity contribution in [2.45, 2.75) is 6.54 Å². The average molecular weight is 233 g/mol. The molecule has 0 atom stereocenters. The lowest BCUT2D eigenvalue weighted by molar-refractivity contribution is -0.138.